The molecular formula is C20H24Cl2N4O2. The highest BCUT2D eigenvalue weighted by Crippen LogP contribution is 2.37. The third-order valence-electron chi connectivity index (χ3n) is 5.85. The van der Waals surface area contributed by atoms with Gasteiger partial charge in [-0.05, 0) is 43.6 Å². The molecule has 1 fully saturated rings. The maximum Gasteiger partial charge on any atom is 0.322 e. The Labute approximate surface area is 175 Å². The number of halogens is 2. The first kappa shape index (κ1) is 19.6. The number of nitrogens with one attached hydrogen (secondary N) is 1. The fourth-order valence-electron chi connectivity index (χ4n) is 4.19. The zero-order valence-electron chi connectivity index (χ0n) is 15.9. The Balaban J connectivity index is 1.56. The molecule has 0 aliphatic carbocycles. The first-order valence-corrected chi connectivity index (χ1v) is 10.4. The van der Waals surface area contributed by atoms with Crippen molar-refractivity contribution in [1.29, 1.82) is 0 Å². The Bertz CT molecular complexity index is 835. The highest BCUT2D eigenvalue weighted by atomic mass is 35.5. The van der Waals surface area contributed by atoms with Crippen molar-refractivity contribution in [2.75, 3.05) is 39.8 Å². The summed E-state index contributed by atoms with van der Waals surface area (Å²) >= 11 is 12.2. The van der Waals surface area contributed by atoms with E-state index in [1.165, 1.54) is 19.3 Å². The molecule has 150 valence electrons. The van der Waals surface area contributed by atoms with Gasteiger partial charge in [0.25, 0.3) is 5.91 Å². The zero-order chi connectivity index (χ0) is 19.8. The summed E-state index contributed by atoms with van der Waals surface area (Å²) in [5.74, 6) is -0.0186. The number of amides is 3. The Hall–Kier alpha value is -1.76. The van der Waals surface area contributed by atoms with E-state index in [9.17, 15) is 9.59 Å². The van der Waals surface area contributed by atoms with Crippen LogP contribution in [0.3, 0.4) is 0 Å². The molecule has 0 aromatic heterocycles. The molecule has 0 unspecified atom stereocenters. The SMILES string of the molecule is CN1C(=O)N[C@H](c2ccc(Cl)c(Cl)c2)C2=C1CN(CCN1CCCCC1)C2=O. The number of hydrogen-bond donors (Lipinski definition) is 1. The summed E-state index contributed by atoms with van der Waals surface area (Å²) < 4.78 is 0. The molecule has 3 aliphatic rings. The number of rotatable bonds is 4. The number of hydrogen-bond acceptors (Lipinski definition) is 3. The lowest BCUT2D eigenvalue weighted by atomic mass is 9.96. The van der Waals surface area contributed by atoms with Gasteiger partial charge in [-0.25, -0.2) is 4.79 Å². The normalized spacial score (nSPS) is 23.3. The van der Waals surface area contributed by atoms with Gasteiger partial charge in [0.2, 0.25) is 0 Å². The largest absolute Gasteiger partial charge is 0.332 e. The molecule has 6 nitrogen and oxygen atoms in total. The van der Waals surface area contributed by atoms with Gasteiger partial charge >= 0.3 is 6.03 Å². The fraction of sp³-hybridized carbons (Fsp3) is 0.500. The molecule has 0 radical (unpaired) electrons. The second kappa shape index (κ2) is 7.93. The third kappa shape index (κ3) is 3.61. The smallest absolute Gasteiger partial charge is 0.322 e. The molecule has 1 atom stereocenters. The van der Waals surface area contributed by atoms with Crippen LogP contribution in [-0.2, 0) is 4.79 Å². The first-order chi connectivity index (χ1) is 13.5. The second-order valence-corrected chi connectivity index (χ2v) is 8.42. The van der Waals surface area contributed by atoms with Gasteiger partial charge in [-0.15, -0.1) is 0 Å². The molecule has 28 heavy (non-hydrogen) atoms. The second-order valence-electron chi connectivity index (χ2n) is 7.60. The molecule has 0 bridgehead atoms. The maximum atomic E-state index is 13.2. The number of urea groups is 1. The molecule has 1 N–H and O–H groups in total. The predicted octanol–water partition coefficient (Wildman–Crippen LogP) is 3.27. The van der Waals surface area contributed by atoms with Crippen LogP contribution in [0.2, 0.25) is 10.0 Å². The Morgan fingerprint density at radius 3 is 2.54 bits per heavy atom. The topological polar surface area (TPSA) is 55.9 Å². The van der Waals surface area contributed by atoms with Gasteiger partial charge in [-0.2, -0.15) is 0 Å². The zero-order valence-corrected chi connectivity index (χ0v) is 17.4. The number of carbonyl (C=O) groups is 2. The number of nitrogens with zero attached hydrogens (tertiary/aromatic N) is 3. The van der Waals surface area contributed by atoms with E-state index >= 15 is 0 Å². The van der Waals surface area contributed by atoms with Crippen LogP contribution in [0.1, 0.15) is 30.9 Å². The van der Waals surface area contributed by atoms with Crippen LogP contribution >= 0.6 is 23.2 Å². The standard InChI is InChI=1S/C20H24Cl2N4O2/c1-24-16-12-26(10-9-25-7-3-2-4-8-25)19(27)17(16)18(23-20(24)28)13-5-6-14(21)15(22)11-13/h5-6,11,18H,2-4,7-10,12H2,1H3,(H,23,28)/t18-/m1/s1. The molecule has 4 rings (SSSR count). The Kier molecular flexibility index (Phi) is 5.54. The highest BCUT2D eigenvalue weighted by molar-refractivity contribution is 6.42. The van der Waals surface area contributed by atoms with E-state index in [1.54, 1.807) is 30.1 Å². The lowest BCUT2D eigenvalue weighted by Gasteiger charge is -2.31. The maximum absolute atomic E-state index is 13.2. The molecule has 3 amide bonds. The van der Waals surface area contributed by atoms with Gasteiger partial charge < -0.3 is 15.1 Å². The lowest BCUT2D eigenvalue weighted by molar-refractivity contribution is -0.126. The molecule has 1 aromatic carbocycles. The van der Waals surface area contributed by atoms with Gasteiger partial charge in [-0.3, -0.25) is 9.69 Å². The molecule has 0 saturated carbocycles. The lowest BCUT2D eigenvalue weighted by Crippen LogP contribution is -2.45. The van der Waals surface area contributed by atoms with E-state index in [0.29, 0.717) is 28.7 Å². The third-order valence-corrected chi connectivity index (χ3v) is 6.59. The van der Waals surface area contributed by atoms with Crippen LogP contribution in [0.25, 0.3) is 0 Å². The van der Waals surface area contributed by atoms with Crippen LogP contribution < -0.4 is 5.32 Å². The van der Waals surface area contributed by atoms with Crippen molar-refractivity contribution in [1.82, 2.24) is 20.0 Å². The fourth-order valence-corrected chi connectivity index (χ4v) is 4.50. The molecule has 1 saturated heterocycles. The summed E-state index contributed by atoms with van der Waals surface area (Å²) in [4.78, 5) is 31.5. The van der Waals surface area contributed by atoms with E-state index < -0.39 is 6.04 Å². The van der Waals surface area contributed by atoms with Crippen LogP contribution in [0, 0.1) is 0 Å². The minimum absolute atomic E-state index is 0.0186. The Morgan fingerprint density at radius 1 is 1.07 bits per heavy atom. The van der Waals surface area contributed by atoms with E-state index in [-0.39, 0.29) is 11.9 Å². The van der Waals surface area contributed by atoms with Crippen molar-refractivity contribution in [2.45, 2.75) is 25.3 Å². The van der Waals surface area contributed by atoms with E-state index in [4.69, 9.17) is 23.2 Å². The van der Waals surface area contributed by atoms with E-state index in [0.717, 1.165) is 30.9 Å². The number of likely N-dealkylation sites (N-methyl/N-ethyl adjacent to an activating group) is 1. The van der Waals surface area contributed by atoms with Gasteiger partial charge in [-0.1, -0.05) is 35.7 Å². The monoisotopic (exact) mass is 422 g/mol. The van der Waals surface area contributed by atoms with Crippen molar-refractivity contribution in [2.24, 2.45) is 0 Å². The molecule has 8 heteroatoms. The van der Waals surface area contributed by atoms with Crippen molar-refractivity contribution < 1.29 is 9.59 Å². The summed E-state index contributed by atoms with van der Waals surface area (Å²) in [6, 6.07) is 4.48. The van der Waals surface area contributed by atoms with Gasteiger partial charge in [0.1, 0.15) is 0 Å². The minimum Gasteiger partial charge on any atom is -0.332 e. The number of benzene rings is 1. The minimum atomic E-state index is -0.513. The summed E-state index contributed by atoms with van der Waals surface area (Å²) in [7, 11) is 1.71. The summed E-state index contributed by atoms with van der Waals surface area (Å²) in [5, 5.41) is 3.78. The summed E-state index contributed by atoms with van der Waals surface area (Å²) in [6.45, 7) is 4.20. The number of likely N-dealkylation sites (tertiary alicyclic amines) is 1. The number of piperidine rings is 1. The van der Waals surface area contributed by atoms with Crippen molar-refractivity contribution in [3.8, 4) is 0 Å². The molecular weight excluding hydrogens is 399 g/mol. The van der Waals surface area contributed by atoms with Crippen molar-refractivity contribution >= 4 is 35.1 Å². The van der Waals surface area contributed by atoms with E-state index in [2.05, 4.69) is 10.2 Å². The van der Waals surface area contributed by atoms with Crippen LogP contribution in [-0.4, -0.2) is 66.4 Å². The van der Waals surface area contributed by atoms with Crippen molar-refractivity contribution in [3.05, 3.63) is 45.1 Å². The first-order valence-electron chi connectivity index (χ1n) is 9.69. The highest BCUT2D eigenvalue weighted by Gasteiger charge is 2.42. The summed E-state index contributed by atoms with van der Waals surface area (Å²) in [6.07, 6.45) is 3.74. The molecule has 3 aliphatic heterocycles. The van der Waals surface area contributed by atoms with Gasteiger partial charge in [0, 0.05) is 20.1 Å². The quantitative estimate of drug-likeness (QED) is 0.809. The van der Waals surface area contributed by atoms with Crippen LogP contribution in [0.4, 0.5) is 4.79 Å². The number of carbonyl (C=O) groups excluding carboxylic acids is 2. The van der Waals surface area contributed by atoms with E-state index in [1.807, 2.05) is 4.90 Å². The predicted molar refractivity (Wildman–Crippen MR) is 109 cm³/mol. The Morgan fingerprint density at radius 2 is 1.82 bits per heavy atom. The average molecular weight is 423 g/mol. The van der Waals surface area contributed by atoms with Crippen molar-refractivity contribution in [3.63, 3.8) is 0 Å². The van der Waals surface area contributed by atoms with Gasteiger partial charge in [0.15, 0.2) is 0 Å². The average Bonchev–Trinajstić information content (AvgIpc) is 3.03. The van der Waals surface area contributed by atoms with Gasteiger partial charge in [0.05, 0.1) is 33.9 Å². The molecule has 0 spiro atoms. The summed E-state index contributed by atoms with van der Waals surface area (Å²) in [5.41, 5.74) is 2.15. The molecule has 1 aromatic rings. The van der Waals surface area contributed by atoms with Crippen LogP contribution in [0.15, 0.2) is 29.5 Å². The van der Waals surface area contributed by atoms with Crippen LogP contribution in [0.5, 0.6) is 0 Å². The molecule has 3 heterocycles.